The lowest BCUT2D eigenvalue weighted by atomic mass is 10.2. The maximum absolute atomic E-state index is 4.15. The third kappa shape index (κ3) is 1.45. The van der Waals surface area contributed by atoms with Crippen LogP contribution in [-0.2, 0) is 0 Å². The summed E-state index contributed by atoms with van der Waals surface area (Å²) in [4.78, 5) is 8.20. The average molecular weight is 110 g/mol. The largest absolute Gasteiger partial charge is 0.292 e. The van der Waals surface area contributed by atoms with E-state index in [4.69, 9.17) is 0 Å². The van der Waals surface area contributed by atoms with E-state index < -0.39 is 0 Å². The Morgan fingerprint density at radius 1 is 1.50 bits per heavy atom. The molecule has 0 aliphatic carbocycles. The van der Waals surface area contributed by atoms with Gasteiger partial charge in [-0.25, -0.2) is 0 Å². The Balaban J connectivity index is 2.46. The molecule has 2 heteroatoms. The number of aliphatic imine (C=N–C) groups is 2. The zero-order chi connectivity index (χ0) is 5.82. The van der Waals surface area contributed by atoms with Crippen LogP contribution in [0.3, 0.4) is 0 Å². The molecule has 0 N–H and O–H groups in total. The normalized spacial score (nSPS) is 27.9. The molecule has 1 unspecified atom stereocenters. The highest BCUT2D eigenvalue weighted by Gasteiger charge is 1.96. The molecule has 8 heavy (non-hydrogen) atoms. The highest BCUT2D eigenvalue weighted by atomic mass is 14.8. The van der Waals surface area contributed by atoms with E-state index in [1.165, 1.54) is 0 Å². The van der Waals surface area contributed by atoms with Crippen LogP contribution in [0.2, 0.25) is 0 Å². The van der Waals surface area contributed by atoms with Gasteiger partial charge in [0.2, 0.25) is 0 Å². The molecule has 1 rings (SSSR count). The van der Waals surface area contributed by atoms with Gasteiger partial charge < -0.3 is 0 Å². The van der Waals surface area contributed by atoms with E-state index >= 15 is 0 Å². The van der Waals surface area contributed by atoms with Gasteiger partial charge in [-0.2, -0.15) is 0 Å². The Labute approximate surface area is 49.3 Å². The van der Waals surface area contributed by atoms with Crippen molar-refractivity contribution >= 4 is 12.4 Å². The summed E-state index contributed by atoms with van der Waals surface area (Å²) in [6.07, 6.45) is 4.63. The number of hydrogen-bond donors (Lipinski definition) is 0. The standard InChI is InChI=1S/C6H10N2/c1-6-2-3-7-4-5-8-6/h4-6H,2-3H2,1H3. The van der Waals surface area contributed by atoms with Crippen LogP contribution < -0.4 is 0 Å². The van der Waals surface area contributed by atoms with Crippen LogP contribution in [-0.4, -0.2) is 25.0 Å². The van der Waals surface area contributed by atoms with E-state index in [0.717, 1.165) is 13.0 Å². The van der Waals surface area contributed by atoms with Crippen molar-refractivity contribution in [2.24, 2.45) is 9.98 Å². The topological polar surface area (TPSA) is 24.7 Å². The van der Waals surface area contributed by atoms with Crippen molar-refractivity contribution in [3.63, 3.8) is 0 Å². The minimum absolute atomic E-state index is 0.470. The second-order valence-corrected chi connectivity index (χ2v) is 1.99. The molecule has 0 amide bonds. The Morgan fingerprint density at radius 3 is 3.25 bits per heavy atom. The fraction of sp³-hybridized carbons (Fsp3) is 0.667. The summed E-state index contributed by atoms with van der Waals surface area (Å²) >= 11 is 0. The molecule has 1 atom stereocenters. The Hall–Kier alpha value is -0.660. The van der Waals surface area contributed by atoms with E-state index in [1.54, 1.807) is 12.4 Å². The molecule has 2 nitrogen and oxygen atoms in total. The van der Waals surface area contributed by atoms with Crippen LogP contribution in [0.5, 0.6) is 0 Å². The van der Waals surface area contributed by atoms with Gasteiger partial charge in [0.05, 0.1) is 0 Å². The highest BCUT2D eigenvalue weighted by molar-refractivity contribution is 6.16. The predicted octanol–water partition coefficient (Wildman–Crippen LogP) is 0.920. The van der Waals surface area contributed by atoms with E-state index in [2.05, 4.69) is 16.9 Å². The van der Waals surface area contributed by atoms with Gasteiger partial charge in [-0.1, -0.05) is 0 Å². The molecule has 0 radical (unpaired) electrons. The minimum Gasteiger partial charge on any atom is -0.292 e. The van der Waals surface area contributed by atoms with Gasteiger partial charge in [0.15, 0.2) is 0 Å². The van der Waals surface area contributed by atoms with Crippen molar-refractivity contribution in [1.82, 2.24) is 0 Å². The van der Waals surface area contributed by atoms with Gasteiger partial charge in [0.25, 0.3) is 0 Å². The van der Waals surface area contributed by atoms with Crippen molar-refractivity contribution in [3.05, 3.63) is 0 Å². The Morgan fingerprint density at radius 2 is 2.38 bits per heavy atom. The van der Waals surface area contributed by atoms with Gasteiger partial charge in [-0.15, -0.1) is 0 Å². The molecule has 0 saturated carbocycles. The lowest BCUT2D eigenvalue weighted by Gasteiger charge is -1.97. The molecule has 1 heterocycles. The molecule has 0 aromatic carbocycles. The summed E-state index contributed by atoms with van der Waals surface area (Å²) in [6, 6.07) is 0.470. The molecule has 1 aliphatic heterocycles. The molecule has 0 fully saturated rings. The molecule has 0 aromatic heterocycles. The molecule has 44 valence electrons. The second kappa shape index (κ2) is 2.60. The molecule has 1 aliphatic rings. The quantitative estimate of drug-likeness (QED) is 0.443. The van der Waals surface area contributed by atoms with E-state index in [1.807, 2.05) is 0 Å². The predicted molar refractivity (Wildman–Crippen MR) is 35.9 cm³/mol. The summed E-state index contributed by atoms with van der Waals surface area (Å²) < 4.78 is 0. The minimum atomic E-state index is 0.470. The van der Waals surface area contributed by atoms with Crippen molar-refractivity contribution in [2.75, 3.05) is 6.54 Å². The Kier molecular flexibility index (Phi) is 1.78. The second-order valence-electron chi connectivity index (χ2n) is 1.99. The number of hydrogen-bond acceptors (Lipinski definition) is 2. The summed E-state index contributed by atoms with van der Waals surface area (Å²) in [5.41, 5.74) is 0. The van der Waals surface area contributed by atoms with Crippen LogP contribution in [0.25, 0.3) is 0 Å². The maximum atomic E-state index is 4.15. The van der Waals surface area contributed by atoms with Gasteiger partial charge in [0.1, 0.15) is 0 Å². The summed E-state index contributed by atoms with van der Waals surface area (Å²) in [7, 11) is 0. The first-order valence-electron chi connectivity index (χ1n) is 2.91. The van der Waals surface area contributed by atoms with Crippen molar-refractivity contribution in [3.8, 4) is 0 Å². The lowest BCUT2D eigenvalue weighted by Crippen LogP contribution is -1.97. The molecule has 0 saturated heterocycles. The number of rotatable bonds is 0. The lowest BCUT2D eigenvalue weighted by molar-refractivity contribution is 0.688. The van der Waals surface area contributed by atoms with Crippen molar-refractivity contribution in [1.29, 1.82) is 0 Å². The molecule has 0 aromatic rings. The first kappa shape index (κ1) is 5.48. The first-order chi connectivity index (χ1) is 3.89. The zero-order valence-corrected chi connectivity index (χ0v) is 5.04. The summed E-state index contributed by atoms with van der Waals surface area (Å²) in [5.74, 6) is 0. The highest BCUT2D eigenvalue weighted by Crippen LogP contribution is 1.96. The van der Waals surface area contributed by atoms with E-state index in [-0.39, 0.29) is 0 Å². The third-order valence-electron chi connectivity index (χ3n) is 1.19. The smallest absolute Gasteiger partial charge is 0.0489 e. The van der Waals surface area contributed by atoms with Crippen molar-refractivity contribution < 1.29 is 0 Å². The monoisotopic (exact) mass is 110 g/mol. The van der Waals surface area contributed by atoms with Gasteiger partial charge >= 0.3 is 0 Å². The SMILES string of the molecule is CC1CCN=CC=N1. The number of nitrogens with zero attached hydrogens (tertiary/aromatic N) is 2. The van der Waals surface area contributed by atoms with Crippen LogP contribution in [0.4, 0.5) is 0 Å². The summed E-state index contributed by atoms with van der Waals surface area (Å²) in [6.45, 7) is 3.03. The van der Waals surface area contributed by atoms with E-state index in [0.29, 0.717) is 6.04 Å². The van der Waals surface area contributed by atoms with Gasteiger partial charge in [0, 0.05) is 25.0 Å². The molecule has 0 spiro atoms. The molecule has 0 bridgehead atoms. The zero-order valence-electron chi connectivity index (χ0n) is 5.04. The Bertz CT molecular complexity index is 116. The van der Waals surface area contributed by atoms with Gasteiger partial charge in [-0.3, -0.25) is 9.98 Å². The average Bonchev–Trinajstić information content (AvgIpc) is 1.94. The van der Waals surface area contributed by atoms with Crippen LogP contribution in [0.15, 0.2) is 9.98 Å². The van der Waals surface area contributed by atoms with E-state index in [9.17, 15) is 0 Å². The fourth-order valence-electron chi connectivity index (χ4n) is 0.643. The molecular weight excluding hydrogens is 100 g/mol. The van der Waals surface area contributed by atoms with Crippen LogP contribution in [0, 0.1) is 0 Å². The summed E-state index contributed by atoms with van der Waals surface area (Å²) in [5, 5.41) is 0. The third-order valence-corrected chi connectivity index (χ3v) is 1.19. The first-order valence-corrected chi connectivity index (χ1v) is 2.91. The molecular formula is C6H10N2. The fourth-order valence-corrected chi connectivity index (χ4v) is 0.643. The van der Waals surface area contributed by atoms with Gasteiger partial charge in [-0.05, 0) is 13.3 Å². The van der Waals surface area contributed by atoms with Crippen LogP contribution in [0.1, 0.15) is 13.3 Å². The van der Waals surface area contributed by atoms with Crippen LogP contribution >= 0.6 is 0 Å². The maximum Gasteiger partial charge on any atom is 0.0489 e. The van der Waals surface area contributed by atoms with Crippen molar-refractivity contribution in [2.45, 2.75) is 19.4 Å².